The van der Waals surface area contributed by atoms with Gasteiger partial charge in [0.05, 0.1) is 22.7 Å². The average Bonchev–Trinajstić information content (AvgIpc) is 2.89. The van der Waals surface area contributed by atoms with Crippen LogP contribution in [0.3, 0.4) is 0 Å². The summed E-state index contributed by atoms with van der Waals surface area (Å²) in [6, 6.07) is 1.52. The third-order valence-electron chi connectivity index (χ3n) is 3.50. The monoisotopic (exact) mass is 439 g/mol. The molecule has 0 aliphatic carbocycles. The minimum Gasteiger partial charge on any atom is -0.492 e. The molecule has 2 rings (SSSR count). The van der Waals surface area contributed by atoms with E-state index in [9.17, 15) is 21.2 Å². The Kier molecular flexibility index (Phi) is 5.64. The van der Waals surface area contributed by atoms with Gasteiger partial charge in [-0.3, -0.25) is 4.68 Å². The Morgan fingerprint density at radius 2 is 1.78 bits per heavy atom. The van der Waals surface area contributed by atoms with Gasteiger partial charge >= 0.3 is 0 Å². The van der Waals surface area contributed by atoms with Crippen LogP contribution in [0.4, 0.5) is 4.39 Å². The van der Waals surface area contributed by atoms with Crippen LogP contribution in [0, 0.1) is 5.82 Å². The van der Waals surface area contributed by atoms with Crippen LogP contribution in [0.1, 0.15) is 26.5 Å². The first kappa shape index (κ1) is 21.6. The first-order chi connectivity index (χ1) is 12.2. The summed E-state index contributed by atoms with van der Waals surface area (Å²) in [5.74, 6) is -1.39. The number of sulfonamides is 2. The van der Waals surface area contributed by atoms with Gasteiger partial charge in [-0.2, -0.15) is 5.10 Å². The number of rotatable bonds is 5. The van der Waals surface area contributed by atoms with Crippen LogP contribution in [0.5, 0.6) is 5.75 Å². The van der Waals surface area contributed by atoms with Gasteiger partial charge in [-0.15, -0.1) is 4.13 Å². The van der Waals surface area contributed by atoms with Gasteiger partial charge in [-0.25, -0.2) is 21.2 Å². The molecule has 1 heterocycles. The van der Waals surface area contributed by atoms with E-state index in [1.54, 1.807) is 24.9 Å². The first-order valence-corrected chi connectivity index (χ1v) is 10.9. The van der Waals surface area contributed by atoms with Gasteiger partial charge in [-0.1, -0.05) is 32.4 Å². The quantitative estimate of drug-likeness (QED) is 0.765. The maximum atomic E-state index is 14.0. The molecule has 0 aliphatic heterocycles. The van der Waals surface area contributed by atoms with Crippen molar-refractivity contribution in [2.24, 2.45) is 7.05 Å². The number of aromatic nitrogens is 2. The van der Waals surface area contributed by atoms with Crippen LogP contribution < -0.4 is 8.86 Å². The lowest BCUT2D eigenvalue weighted by molar-refractivity contribution is 0.386. The molecule has 1 aromatic heterocycles. The normalized spacial score (nSPS) is 13.0. The smallest absolute Gasteiger partial charge is 0.257 e. The van der Waals surface area contributed by atoms with Gasteiger partial charge in [0.2, 0.25) is 0 Å². The van der Waals surface area contributed by atoms with E-state index in [0.29, 0.717) is 6.07 Å². The fraction of sp³-hybridized carbons (Fsp3) is 0.400. The molecule has 0 bridgehead atoms. The Morgan fingerprint density at radius 1 is 1.19 bits per heavy atom. The molecule has 0 aliphatic rings. The molecule has 0 spiro atoms. The number of benzene rings is 1. The Morgan fingerprint density at radius 3 is 2.26 bits per heavy atom. The minimum atomic E-state index is -4.64. The Hall–Kier alpha value is -1.69. The van der Waals surface area contributed by atoms with Gasteiger partial charge < -0.3 is 4.74 Å². The summed E-state index contributed by atoms with van der Waals surface area (Å²) in [6.45, 7) is 5.21. The minimum absolute atomic E-state index is 0.187. The van der Waals surface area contributed by atoms with Crippen molar-refractivity contribution in [1.29, 1.82) is 0 Å². The second kappa shape index (κ2) is 7.04. The Balaban J connectivity index is 2.53. The molecule has 0 saturated carbocycles. The van der Waals surface area contributed by atoms with Crippen molar-refractivity contribution in [3.8, 4) is 5.75 Å². The van der Waals surface area contributed by atoms with Crippen molar-refractivity contribution in [2.75, 3.05) is 7.11 Å². The van der Waals surface area contributed by atoms with Crippen LogP contribution in [-0.4, -0.2) is 33.7 Å². The predicted octanol–water partition coefficient (Wildman–Crippen LogP) is 2.19. The SMILES string of the molecule is COc1c(F)cc(S(=O)(=O)NS(=O)(=O)c2cn(C)nc2C(C)(C)C)cc1Cl. The van der Waals surface area contributed by atoms with E-state index in [-0.39, 0.29) is 21.4 Å². The average molecular weight is 440 g/mol. The molecule has 12 heteroatoms. The van der Waals surface area contributed by atoms with Crippen LogP contribution in [0.25, 0.3) is 0 Å². The zero-order valence-corrected chi connectivity index (χ0v) is 17.6. The topological polar surface area (TPSA) is 107 Å². The van der Waals surface area contributed by atoms with Gasteiger partial charge in [0.25, 0.3) is 20.0 Å². The maximum absolute atomic E-state index is 14.0. The molecule has 0 amide bonds. The fourth-order valence-electron chi connectivity index (χ4n) is 2.31. The highest BCUT2D eigenvalue weighted by molar-refractivity contribution is 8.04. The van der Waals surface area contributed by atoms with E-state index in [1.165, 1.54) is 17.9 Å². The van der Waals surface area contributed by atoms with Crippen LogP contribution in [0.2, 0.25) is 5.02 Å². The van der Waals surface area contributed by atoms with Crippen LogP contribution in [-0.2, 0) is 32.5 Å². The molecular formula is C15H19ClFN3O5S2. The summed E-state index contributed by atoms with van der Waals surface area (Å²) < 4.78 is 72.0. The number of ether oxygens (including phenoxy) is 1. The largest absolute Gasteiger partial charge is 0.492 e. The number of nitrogens with zero attached hydrogens (tertiary/aromatic N) is 2. The zero-order valence-electron chi connectivity index (χ0n) is 15.2. The summed E-state index contributed by atoms with van der Waals surface area (Å²) in [4.78, 5) is -0.947. The van der Waals surface area contributed by atoms with E-state index in [1.807, 2.05) is 0 Å². The molecule has 1 N–H and O–H groups in total. The molecule has 27 heavy (non-hydrogen) atoms. The number of nitrogens with one attached hydrogen (secondary N) is 1. The summed E-state index contributed by atoms with van der Waals surface area (Å²) in [6.07, 6.45) is 1.19. The predicted molar refractivity (Wildman–Crippen MR) is 97.4 cm³/mol. The number of hydrogen-bond acceptors (Lipinski definition) is 6. The third-order valence-corrected chi connectivity index (χ3v) is 7.27. The van der Waals surface area contributed by atoms with Gasteiger partial charge in [0.15, 0.2) is 11.6 Å². The van der Waals surface area contributed by atoms with E-state index >= 15 is 0 Å². The molecule has 0 radical (unpaired) electrons. The van der Waals surface area contributed by atoms with E-state index in [2.05, 4.69) is 5.10 Å². The van der Waals surface area contributed by atoms with Gasteiger partial charge in [0.1, 0.15) is 4.90 Å². The van der Waals surface area contributed by atoms with Crippen molar-refractivity contribution in [3.63, 3.8) is 0 Å². The Bertz CT molecular complexity index is 1070. The summed E-state index contributed by atoms with van der Waals surface area (Å²) in [5, 5.41) is 3.79. The molecule has 150 valence electrons. The molecule has 2 aromatic rings. The molecule has 0 fully saturated rings. The van der Waals surface area contributed by atoms with Gasteiger partial charge in [-0.05, 0) is 12.1 Å². The van der Waals surface area contributed by atoms with E-state index in [4.69, 9.17) is 16.3 Å². The molecule has 0 atom stereocenters. The highest BCUT2D eigenvalue weighted by atomic mass is 35.5. The second-order valence-corrected chi connectivity index (χ2v) is 10.8. The van der Waals surface area contributed by atoms with Crippen LogP contribution in [0.15, 0.2) is 28.1 Å². The lowest BCUT2D eigenvalue weighted by Crippen LogP contribution is -2.32. The van der Waals surface area contributed by atoms with Crippen molar-refractivity contribution in [1.82, 2.24) is 13.9 Å². The summed E-state index contributed by atoms with van der Waals surface area (Å²) in [5.41, 5.74) is -0.475. The standard InChI is InChI=1S/C15H19ClFN3O5S2/c1-15(2,3)14-12(8-20(4)18-14)27(23,24)19-26(21,22)9-6-10(16)13(25-5)11(17)7-9/h6-8,19H,1-5H3. The lowest BCUT2D eigenvalue weighted by atomic mass is 9.92. The van der Waals surface area contributed by atoms with Crippen molar-refractivity contribution in [2.45, 2.75) is 36.0 Å². The van der Waals surface area contributed by atoms with Gasteiger partial charge in [0, 0.05) is 18.7 Å². The fourth-order valence-corrected chi connectivity index (χ4v) is 5.98. The van der Waals surface area contributed by atoms with E-state index in [0.717, 1.165) is 13.2 Å². The number of hydrogen-bond donors (Lipinski definition) is 1. The zero-order chi connectivity index (χ0) is 20.8. The second-order valence-electron chi connectivity index (χ2n) is 6.78. The maximum Gasteiger partial charge on any atom is 0.257 e. The Labute approximate surface area is 162 Å². The van der Waals surface area contributed by atoms with Crippen molar-refractivity contribution < 1.29 is 26.0 Å². The number of methoxy groups -OCH3 is 1. The highest BCUT2D eigenvalue weighted by Crippen LogP contribution is 2.32. The van der Waals surface area contributed by atoms with Crippen molar-refractivity contribution in [3.05, 3.63) is 34.9 Å². The summed E-state index contributed by atoms with van der Waals surface area (Å²) >= 11 is 5.80. The van der Waals surface area contributed by atoms with Crippen LogP contribution >= 0.6 is 11.6 Å². The van der Waals surface area contributed by atoms with E-state index < -0.39 is 36.2 Å². The molecule has 0 unspecified atom stereocenters. The van der Waals surface area contributed by atoms with Crippen molar-refractivity contribution >= 4 is 31.6 Å². The highest BCUT2D eigenvalue weighted by Gasteiger charge is 2.33. The number of halogens is 2. The number of aryl methyl sites for hydroxylation is 1. The molecule has 1 aromatic carbocycles. The molecule has 8 nitrogen and oxygen atoms in total. The third kappa shape index (κ3) is 4.42. The first-order valence-electron chi connectivity index (χ1n) is 7.55. The molecular weight excluding hydrogens is 421 g/mol. The molecule has 0 saturated heterocycles. The lowest BCUT2D eigenvalue weighted by Gasteiger charge is -2.17. The summed E-state index contributed by atoms with van der Waals surface area (Å²) in [7, 11) is -6.48.